The van der Waals surface area contributed by atoms with Crippen LogP contribution in [0.25, 0.3) is 0 Å². The lowest BCUT2D eigenvalue weighted by Gasteiger charge is -2.34. The van der Waals surface area contributed by atoms with E-state index in [0.717, 1.165) is 23.7 Å². The van der Waals surface area contributed by atoms with E-state index in [1.165, 1.54) is 6.07 Å². The molecule has 1 saturated heterocycles. The highest BCUT2D eigenvalue weighted by Crippen LogP contribution is 2.19. The molecule has 6 nitrogen and oxygen atoms in total. The van der Waals surface area contributed by atoms with Crippen molar-refractivity contribution in [3.63, 3.8) is 0 Å². The van der Waals surface area contributed by atoms with Crippen LogP contribution >= 0.6 is 9.24 Å². The third-order valence-electron chi connectivity index (χ3n) is 4.94. The molecule has 0 saturated carbocycles. The van der Waals surface area contributed by atoms with E-state index in [1.807, 2.05) is 13.0 Å². The molecule has 2 atom stereocenters. The van der Waals surface area contributed by atoms with E-state index in [4.69, 9.17) is 4.52 Å². The SMILES string of the molecule is Cc1cc(F)c(CNC(=O)C2CCCCN2C(=O)Cc2cc(C)no2)c(P)c1. The predicted octanol–water partition coefficient (Wildman–Crippen LogP) is 2.17. The van der Waals surface area contributed by atoms with Crippen LogP contribution in [-0.2, 0) is 22.6 Å². The molecule has 2 heterocycles. The first kappa shape index (κ1) is 20.5. The molecule has 1 aliphatic heterocycles. The molecule has 0 spiro atoms. The smallest absolute Gasteiger partial charge is 0.243 e. The van der Waals surface area contributed by atoms with Crippen molar-refractivity contribution >= 4 is 26.4 Å². The summed E-state index contributed by atoms with van der Waals surface area (Å²) in [4.78, 5) is 27.1. The second kappa shape index (κ2) is 8.82. The predicted molar refractivity (Wildman–Crippen MR) is 107 cm³/mol. The quantitative estimate of drug-likeness (QED) is 0.774. The van der Waals surface area contributed by atoms with Gasteiger partial charge in [0.15, 0.2) is 0 Å². The van der Waals surface area contributed by atoms with Gasteiger partial charge in [0.1, 0.15) is 17.6 Å². The van der Waals surface area contributed by atoms with E-state index in [9.17, 15) is 14.0 Å². The van der Waals surface area contributed by atoms with E-state index in [0.29, 0.717) is 30.0 Å². The van der Waals surface area contributed by atoms with Crippen molar-refractivity contribution in [2.75, 3.05) is 6.54 Å². The largest absolute Gasteiger partial charge is 0.361 e. The van der Waals surface area contributed by atoms with E-state index in [2.05, 4.69) is 19.7 Å². The van der Waals surface area contributed by atoms with Gasteiger partial charge in [-0.15, -0.1) is 9.24 Å². The summed E-state index contributed by atoms with van der Waals surface area (Å²) in [5, 5.41) is 7.31. The van der Waals surface area contributed by atoms with Crippen LogP contribution in [0.15, 0.2) is 22.7 Å². The number of halogens is 1. The molecule has 1 N–H and O–H groups in total. The maximum Gasteiger partial charge on any atom is 0.243 e. The highest BCUT2D eigenvalue weighted by molar-refractivity contribution is 7.27. The Morgan fingerprint density at radius 1 is 1.32 bits per heavy atom. The van der Waals surface area contributed by atoms with Crippen molar-refractivity contribution in [2.45, 2.75) is 52.1 Å². The van der Waals surface area contributed by atoms with Gasteiger partial charge >= 0.3 is 0 Å². The Bertz CT molecular complexity index is 860. The van der Waals surface area contributed by atoms with Gasteiger partial charge in [-0.3, -0.25) is 9.59 Å². The summed E-state index contributed by atoms with van der Waals surface area (Å²) >= 11 is 0. The van der Waals surface area contributed by atoms with E-state index < -0.39 is 6.04 Å². The van der Waals surface area contributed by atoms with Gasteiger partial charge < -0.3 is 14.7 Å². The molecule has 0 aliphatic carbocycles. The number of amides is 2. The Labute approximate surface area is 166 Å². The van der Waals surface area contributed by atoms with Gasteiger partial charge in [-0.25, -0.2) is 4.39 Å². The van der Waals surface area contributed by atoms with Crippen molar-refractivity contribution in [2.24, 2.45) is 0 Å². The van der Waals surface area contributed by atoms with Crippen LogP contribution in [0.3, 0.4) is 0 Å². The number of likely N-dealkylation sites (tertiary alicyclic amines) is 1. The average Bonchev–Trinajstić information content (AvgIpc) is 3.05. The number of nitrogens with one attached hydrogen (secondary N) is 1. The molecule has 2 amide bonds. The number of aromatic nitrogens is 1. The summed E-state index contributed by atoms with van der Waals surface area (Å²) < 4.78 is 19.3. The minimum atomic E-state index is -0.549. The number of nitrogens with zero attached hydrogens (tertiary/aromatic N) is 2. The fourth-order valence-electron chi connectivity index (χ4n) is 3.53. The Balaban J connectivity index is 1.66. The molecule has 2 unspecified atom stereocenters. The Morgan fingerprint density at radius 3 is 2.79 bits per heavy atom. The molecule has 8 heteroatoms. The Kier molecular flexibility index (Phi) is 6.45. The average molecular weight is 405 g/mol. The highest BCUT2D eigenvalue weighted by atomic mass is 31.0. The molecular weight excluding hydrogens is 380 g/mol. The maximum atomic E-state index is 14.2. The highest BCUT2D eigenvalue weighted by Gasteiger charge is 2.32. The number of aryl methyl sites for hydroxylation is 2. The Hall–Kier alpha value is -2.27. The number of hydrogen-bond acceptors (Lipinski definition) is 4. The van der Waals surface area contributed by atoms with E-state index in [-0.39, 0.29) is 30.6 Å². The van der Waals surface area contributed by atoms with Crippen LogP contribution in [0.2, 0.25) is 0 Å². The summed E-state index contributed by atoms with van der Waals surface area (Å²) in [5.41, 5.74) is 1.98. The van der Waals surface area contributed by atoms with E-state index >= 15 is 0 Å². The first-order valence-corrected chi connectivity index (χ1v) is 9.96. The molecule has 3 rings (SSSR count). The lowest BCUT2D eigenvalue weighted by molar-refractivity contribution is -0.142. The van der Waals surface area contributed by atoms with Gasteiger partial charge in [0.25, 0.3) is 0 Å². The zero-order chi connectivity index (χ0) is 20.3. The summed E-state index contributed by atoms with van der Waals surface area (Å²) in [6, 6.07) is 4.47. The molecular formula is C20H25FN3O3P. The maximum absolute atomic E-state index is 14.2. The van der Waals surface area contributed by atoms with Gasteiger partial charge in [0, 0.05) is 24.7 Å². The number of piperidine rings is 1. The van der Waals surface area contributed by atoms with Crippen molar-refractivity contribution in [1.82, 2.24) is 15.4 Å². The van der Waals surface area contributed by atoms with E-state index in [1.54, 1.807) is 17.9 Å². The van der Waals surface area contributed by atoms with Crippen LogP contribution in [0.4, 0.5) is 4.39 Å². The third-order valence-corrected chi connectivity index (χ3v) is 5.46. The lowest BCUT2D eigenvalue weighted by atomic mass is 10.0. The van der Waals surface area contributed by atoms with Crippen LogP contribution in [0.1, 0.15) is 41.8 Å². The minimum Gasteiger partial charge on any atom is -0.361 e. The zero-order valence-electron chi connectivity index (χ0n) is 16.1. The summed E-state index contributed by atoms with van der Waals surface area (Å²) in [7, 11) is 2.50. The van der Waals surface area contributed by atoms with Gasteiger partial charge in [-0.1, -0.05) is 11.2 Å². The number of rotatable bonds is 5. The van der Waals surface area contributed by atoms with Gasteiger partial charge in [0.2, 0.25) is 11.8 Å². The minimum absolute atomic E-state index is 0.0763. The zero-order valence-corrected chi connectivity index (χ0v) is 17.3. The summed E-state index contributed by atoms with van der Waals surface area (Å²) in [6.45, 7) is 4.22. The fourth-order valence-corrected chi connectivity index (χ4v) is 4.03. The topological polar surface area (TPSA) is 75.4 Å². The molecule has 1 aliphatic rings. The van der Waals surface area contributed by atoms with Gasteiger partial charge in [-0.05, 0) is 50.0 Å². The second-order valence-electron chi connectivity index (χ2n) is 7.24. The van der Waals surface area contributed by atoms with Crippen molar-refractivity contribution in [1.29, 1.82) is 0 Å². The molecule has 1 fully saturated rings. The molecule has 150 valence electrons. The Morgan fingerprint density at radius 2 is 2.11 bits per heavy atom. The standard InChI is InChI=1S/C20H25FN3O3P/c1-12-7-16(21)15(18(28)8-12)11-22-20(26)17-5-3-4-6-24(17)19(25)10-14-9-13(2)23-27-14/h7-9,17H,3-6,10-11,28H2,1-2H3,(H,22,26). The molecule has 28 heavy (non-hydrogen) atoms. The van der Waals surface area contributed by atoms with Crippen molar-refractivity contribution in [3.8, 4) is 0 Å². The number of carbonyl (C=O) groups excluding carboxylic acids is 2. The molecule has 0 bridgehead atoms. The number of benzene rings is 1. The molecule has 2 aromatic rings. The van der Waals surface area contributed by atoms with Gasteiger partial charge in [-0.2, -0.15) is 0 Å². The molecule has 1 aromatic carbocycles. The number of carbonyl (C=O) groups is 2. The van der Waals surface area contributed by atoms with Crippen LogP contribution in [-0.4, -0.2) is 34.5 Å². The first-order chi connectivity index (χ1) is 13.3. The molecule has 1 aromatic heterocycles. The first-order valence-electron chi connectivity index (χ1n) is 9.39. The summed E-state index contributed by atoms with van der Waals surface area (Å²) in [5.74, 6) is -0.278. The van der Waals surface area contributed by atoms with Crippen LogP contribution < -0.4 is 10.6 Å². The van der Waals surface area contributed by atoms with Gasteiger partial charge in [0.05, 0.1) is 12.1 Å². The monoisotopic (exact) mass is 405 g/mol. The fraction of sp³-hybridized carbons (Fsp3) is 0.450. The van der Waals surface area contributed by atoms with Crippen molar-refractivity contribution < 1.29 is 18.5 Å². The number of hydrogen-bond donors (Lipinski definition) is 1. The summed E-state index contributed by atoms with van der Waals surface area (Å²) in [6.07, 6.45) is 2.40. The molecule has 0 radical (unpaired) electrons. The van der Waals surface area contributed by atoms with Crippen LogP contribution in [0.5, 0.6) is 0 Å². The lowest BCUT2D eigenvalue weighted by Crippen LogP contribution is -2.52. The normalized spacial score (nSPS) is 16.9. The van der Waals surface area contributed by atoms with Crippen LogP contribution in [0, 0.1) is 19.7 Å². The third kappa shape index (κ3) is 4.76. The second-order valence-corrected chi connectivity index (χ2v) is 7.86. The van der Waals surface area contributed by atoms with Crippen molar-refractivity contribution in [3.05, 3.63) is 46.6 Å².